The molecule has 5 nitrogen and oxygen atoms in total. The highest BCUT2D eigenvalue weighted by molar-refractivity contribution is 6.30. The predicted octanol–water partition coefficient (Wildman–Crippen LogP) is 3.25. The average Bonchev–Trinajstić information content (AvgIpc) is 2.39. The summed E-state index contributed by atoms with van der Waals surface area (Å²) in [5, 5.41) is 11.4. The molecule has 0 radical (unpaired) electrons. The summed E-state index contributed by atoms with van der Waals surface area (Å²) in [6.45, 7) is 1.43. The van der Waals surface area contributed by atoms with Gasteiger partial charge in [-0.1, -0.05) is 11.6 Å². The van der Waals surface area contributed by atoms with Crippen LogP contribution in [0.5, 0.6) is 0 Å². The van der Waals surface area contributed by atoms with Crippen molar-refractivity contribution >= 4 is 23.0 Å². The summed E-state index contributed by atoms with van der Waals surface area (Å²) < 4.78 is 5.66. The van der Waals surface area contributed by atoms with Crippen LogP contribution in [0, 0.1) is 10.1 Å². The first-order chi connectivity index (χ1) is 9.08. The van der Waals surface area contributed by atoms with E-state index in [0.717, 1.165) is 25.9 Å². The lowest BCUT2D eigenvalue weighted by Gasteiger charge is -2.28. The number of anilines is 1. The molecule has 1 fully saturated rings. The molecule has 0 N–H and O–H groups in total. The van der Waals surface area contributed by atoms with Crippen molar-refractivity contribution in [2.75, 3.05) is 25.1 Å². The van der Waals surface area contributed by atoms with Crippen LogP contribution in [-0.2, 0) is 4.74 Å². The molecule has 1 atom stereocenters. The number of halogens is 1. The molecule has 1 heterocycles. The van der Waals surface area contributed by atoms with E-state index in [1.807, 2.05) is 11.9 Å². The van der Waals surface area contributed by atoms with Crippen LogP contribution < -0.4 is 4.90 Å². The quantitative estimate of drug-likeness (QED) is 0.629. The van der Waals surface area contributed by atoms with Gasteiger partial charge in [0.1, 0.15) is 5.69 Å². The van der Waals surface area contributed by atoms with Crippen LogP contribution in [0.1, 0.15) is 19.3 Å². The maximum atomic E-state index is 11.1. The van der Waals surface area contributed by atoms with Gasteiger partial charge in [-0.3, -0.25) is 10.1 Å². The van der Waals surface area contributed by atoms with E-state index >= 15 is 0 Å². The molecule has 0 spiro atoms. The molecule has 2 rings (SSSR count). The number of benzene rings is 1. The van der Waals surface area contributed by atoms with Crippen molar-refractivity contribution < 1.29 is 9.66 Å². The minimum Gasteiger partial charge on any atom is -0.376 e. The Morgan fingerprint density at radius 3 is 2.95 bits per heavy atom. The summed E-state index contributed by atoms with van der Waals surface area (Å²) >= 11 is 5.81. The Balaban J connectivity index is 2.13. The Kier molecular flexibility index (Phi) is 4.61. The molecule has 1 aromatic rings. The minimum absolute atomic E-state index is 0.0332. The smallest absolute Gasteiger partial charge is 0.294 e. The topological polar surface area (TPSA) is 55.6 Å². The summed E-state index contributed by atoms with van der Waals surface area (Å²) in [4.78, 5) is 12.5. The average molecular weight is 285 g/mol. The third-order valence-electron chi connectivity index (χ3n) is 3.30. The summed E-state index contributed by atoms with van der Waals surface area (Å²) in [5.74, 6) is 0. The van der Waals surface area contributed by atoms with Crippen molar-refractivity contribution in [2.45, 2.75) is 25.4 Å². The van der Waals surface area contributed by atoms with E-state index in [4.69, 9.17) is 16.3 Å². The van der Waals surface area contributed by atoms with Gasteiger partial charge >= 0.3 is 0 Å². The first kappa shape index (κ1) is 14.1. The second-order valence-corrected chi connectivity index (χ2v) is 5.20. The van der Waals surface area contributed by atoms with Crippen LogP contribution in [0.2, 0.25) is 5.02 Å². The fourth-order valence-electron chi connectivity index (χ4n) is 2.32. The van der Waals surface area contributed by atoms with E-state index in [-0.39, 0.29) is 11.8 Å². The number of likely N-dealkylation sites (N-methyl/N-ethyl adjacent to an activating group) is 1. The molecule has 0 amide bonds. The summed E-state index contributed by atoms with van der Waals surface area (Å²) in [6.07, 6.45) is 3.41. The lowest BCUT2D eigenvalue weighted by molar-refractivity contribution is -0.384. The first-order valence-corrected chi connectivity index (χ1v) is 6.72. The molecule has 6 heteroatoms. The zero-order valence-electron chi connectivity index (χ0n) is 10.8. The number of nitrogens with zero attached hydrogens (tertiary/aromatic N) is 2. The van der Waals surface area contributed by atoms with Crippen molar-refractivity contribution in [3.05, 3.63) is 33.3 Å². The molecule has 0 aliphatic carbocycles. The van der Waals surface area contributed by atoms with Crippen LogP contribution in [-0.4, -0.2) is 31.2 Å². The fourth-order valence-corrected chi connectivity index (χ4v) is 2.49. The third-order valence-corrected chi connectivity index (χ3v) is 3.53. The third kappa shape index (κ3) is 3.58. The fraction of sp³-hybridized carbons (Fsp3) is 0.538. The molecular weight excluding hydrogens is 268 g/mol. The lowest BCUT2D eigenvalue weighted by atomic mass is 10.1. The van der Waals surface area contributed by atoms with E-state index < -0.39 is 4.92 Å². The molecule has 0 saturated carbocycles. The zero-order valence-corrected chi connectivity index (χ0v) is 11.6. The van der Waals surface area contributed by atoms with E-state index in [9.17, 15) is 10.1 Å². The monoisotopic (exact) mass is 284 g/mol. The summed E-state index contributed by atoms with van der Waals surface area (Å²) in [5.41, 5.74) is 0.606. The summed E-state index contributed by atoms with van der Waals surface area (Å²) in [6, 6.07) is 4.74. The number of ether oxygens (including phenoxy) is 1. The van der Waals surface area contributed by atoms with Crippen molar-refractivity contribution in [3.63, 3.8) is 0 Å². The highest BCUT2D eigenvalue weighted by Crippen LogP contribution is 2.31. The van der Waals surface area contributed by atoms with Gasteiger partial charge in [0.2, 0.25) is 0 Å². The second-order valence-electron chi connectivity index (χ2n) is 4.76. The Bertz CT molecular complexity index is 461. The lowest BCUT2D eigenvalue weighted by Crippen LogP contribution is -2.33. The number of nitro groups is 1. The van der Waals surface area contributed by atoms with Gasteiger partial charge in [0, 0.05) is 31.3 Å². The molecule has 1 aliphatic heterocycles. The molecule has 0 aromatic heterocycles. The van der Waals surface area contributed by atoms with Crippen molar-refractivity contribution in [1.82, 2.24) is 0 Å². The summed E-state index contributed by atoms with van der Waals surface area (Å²) in [7, 11) is 1.84. The van der Waals surface area contributed by atoms with Gasteiger partial charge in [0.05, 0.1) is 11.0 Å². The molecule has 19 heavy (non-hydrogen) atoms. The minimum atomic E-state index is -0.403. The Morgan fingerprint density at radius 1 is 1.53 bits per heavy atom. The van der Waals surface area contributed by atoms with Gasteiger partial charge in [0.15, 0.2) is 0 Å². The maximum absolute atomic E-state index is 11.1. The molecular formula is C13H17ClN2O3. The number of hydrogen-bond acceptors (Lipinski definition) is 4. The highest BCUT2D eigenvalue weighted by Gasteiger charge is 2.21. The largest absolute Gasteiger partial charge is 0.376 e. The maximum Gasteiger partial charge on any atom is 0.294 e. The second kappa shape index (κ2) is 6.21. The van der Waals surface area contributed by atoms with E-state index in [0.29, 0.717) is 17.3 Å². The van der Waals surface area contributed by atoms with Crippen LogP contribution in [0.15, 0.2) is 18.2 Å². The van der Waals surface area contributed by atoms with E-state index in [2.05, 4.69) is 0 Å². The van der Waals surface area contributed by atoms with Crippen molar-refractivity contribution in [2.24, 2.45) is 0 Å². The SMILES string of the molecule is CN(CC1CCCCO1)c1ccc(Cl)cc1[N+](=O)[O-]. The highest BCUT2D eigenvalue weighted by atomic mass is 35.5. The van der Waals surface area contributed by atoms with Crippen molar-refractivity contribution in [3.8, 4) is 0 Å². The van der Waals surface area contributed by atoms with Gasteiger partial charge in [0.25, 0.3) is 5.69 Å². The van der Waals surface area contributed by atoms with Crippen LogP contribution in [0.3, 0.4) is 0 Å². The first-order valence-electron chi connectivity index (χ1n) is 6.34. The van der Waals surface area contributed by atoms with Gasteiger partial charge in [-0.25, -0.2) is 0 Å². The Labute approximate surface area is 117 Å². The van der Waals surface area contributed by atoms with Crippen LogP contribution >= 0.6 is 11.6 Å². The molecule has 1 saturated heterocycles. The van der Waals surface area contributed by atoms with Crippen LogP contribution in [0.25, 0.3) is 0 Å². The zero-order chi connectivity index (χ0) is 13.8. The van der Waals surface area contributed by atoms with Gasteiger partial charge in [-0.05, 0) is 31.4 Å². The van der Waals surface area contributed by atoms with Gasteiger partial charge < -0.3 is 9.64 Å². The van der Waals surface area contributed by atoms with E-state index in [1.54, 1.807) is 12.1 Å². The van der Waals surface area contributed by atoms with Crippen LogP contribution in [0.4, 0.5) is 11.4 Å². The standard InChI is InChI=1S/C13H17ClN2O3/c1-15(9-11-4-2-3-7-19-11)12-6-5-10(14)8-13(12)16(17)18/h5-6,8,11H,2-4,7,9H2,1H3. The Hall–Kier alpha value is -1.33. The predicted molar refractivity (Wildman–Crippen MR) is 75.0 cm³/mol. The molecule has 1 unspecified atom stereocenters. The van der Waals surface area contributed by atoms with Gasteiger partial charge in [-0.15, -0.1) is 0 Å². The number of hydrogen-bond donors (Lipinski definition) is 0. The number of nitro benzene ring substituents is 1. The van der Waals surface area contributed by atoms with E-state index in [1.165, 1.54) is 6.07 Å². The normalized spacial score (nSPS) is 19.2. The Morgan fingerprint density at radius 2 is 2.32 bits per heavy atom. The number of rotatable bonds is 4. The molecule has 1 aromatic carbocycles. The van der Waals surface area contributed by atoms with Crippen molar-refractivity contribution in [1.29, 1.82) is 0 Å². The molecule has 1 aliphatic rings. The molecule has 0 bridgehead atoms. The van der Waals surface area contributed by atoms with Gasteiger partial charge in [-0.2, -0.15) is 0 Å². The molecule has 104 valence electrons.